The third-order valence-electron chi connectivity index (χ3n) is 4.91. The minimum atomic E-state index is -3.47. The Hall–Kier alpha value is -2.00. The number of hydrogen-bond acceptors (Lipinski definition) is 5. The van der Waals surface area contributed by atoms with E-state index in [2.05, 4.69) is 14.9 Å². The van der Waals surface area contributed by atoms with Crippen molar-refractivity contribution in [3.05, 3.63) is 58.1 Å². The maximum atomic E-state index is 12.5. The molecule has 0 spiro atoms. The summed E-state index contributed by atoms with van der Waals surface area (Å²) in [6.07, 6.45) is 2.90. The average molecular weight is 486 g/mol. The highest BCUT2D eigenvalue weighted by Gasteiger charge is 2.21. The van der Waals surface area contributed by atoms with E-state index in [0.717, 1.165) is 32.2 Å². The first-order valence-electron chi connectivity index (χ1n) is 9.90. The number of anilines is 1. The summed E-state index contributed by atoms with van der Waals surface area (Å²) in [4.78, 5) is 14.8. The second-order valence-electron chi connectivity index (χ2n) is 7.41. The normalized spacial score (nSPS) is 15.5. The van der Waals surface area contributed by atoms with Crippen LogP contribution in [0.15, 0.2) is 42.5 Å². The lowest BCUT2D eigenvalue weighted by molar-refractivity contribution is 0.0906. The van der Waals surface area contributed by atoms with Crippen LogP contribution in [0.2, 0.25) is 10.0 Å². The van der Waals surface area contributed by atoms with Crippen molar-refractivity contribution in [2.24, 2.45) is 0 Å². The van der Waals surface area contributed by atoms with Gasteiger partial charge in [0.15, 0.2) is 0 Å². The minimum Gasteiger partial charge on any atom is -0.490 e. The molecule has 1 fully saturated rings. The van der Waals surface area contributed by atoms with Gasteiger partial charge in [0.25, 0.3) is 5.91 Å². The number of benzene rings is 2. The molecule has 0 atom stereocenters. The van der Waals surface area contributed by atoms with E-state index in [9.17, 15) is 13.2 Å². The van der Waals surface area contributed by atoms with Crippen LogP contribution in [-0.2, 0) is 10.0 Å². The standard InChI is InChI=1S/C21H25Cl2N3O4S/c1-31(28,29)25-20-5-3-2-4-17(20)21(27)24-10-13-26-11-8-15(9-12-26)30-16-6-7-18(22)19(23)14-16/h2-7,14-15,25H,8-13H2,1H3,(H,24,27). The Kier molecular flexibility index (Phi) is 8.05. The van der Waals surface area contributed by atoms with Gasteiger partial charge in [0.1, 0.15) is 11.9 Å². The van der Waals surface area contributed by atoms with E-state index in [1.165, 1.54) is 0 Å². The molecule has 0 radical (unpaired) electrons. The van der Waals surface area contributed by atoms with Crippen LogP contribution in [0.1, 0.15) is 23.2 Å². The van der Waals surface area contributed by atoms with E-state index < -0.39 is 10.0 Å². The molecule has 3 rings (SSSR count). The molecule has 31 heavy (non-hydrogen) atoms. The highest BCUT2D eigenvalue weighted by Crippen LogP contribution is 2.28. The number of nitrogens with zero attached hydrogens (tertiary/aromatic N) is 1. The first-order valence-corrected chi connectivity index (χ1v) is 12.5. The summed E-state index contributed by atoms with van der Waals surface area (Å²) in [6, 6.07) is 11.8. The number of amides is 1. The smallest absolute Gasteiger partial charge is 0.253 e. The Morgan fingerprint density at radius 1 is 1.13 bits per heavy atom. The summed E-state index contributed by atoms with van der Waals surface area (Å²) in [5.74, 6) is 0.395. The summed E-state index contributed by atoms with van der Waals surface area (Å²) >= 11 is 12.0. The van der Waals surface area contributed by atoms with E-state index in [1.807, 2.05) is 6.07 Å². The number of piperidine rings is 1. The van der Waals surface area contributed by atoms with Gasteiger partial charge < -0.3 is 15.0 Å². The largest absolute Gasteiger partial charge is 0.490 e. The number of likely N-dealkylation sites (tertiary alicyclic amines) is 1. The predicted octanol–water partition coefficient (Wildman–Crippen LogP) is 3.64. The number of halogens is 2. The van der Waals surface area contributed by atoms with Crippen LogP contribution < -0.4 is 14.8 Å². The Morgan fingerprint density at radius 2 is 1.84 bits per heavy atom. The van der Waals surface area contributed by atoms with Crippen molar-refractivity contribution in [1.82, 2.24) is 10.2 Å². The number of para-hydroxylation sites is 1. The van der Waals surface area contributed by atoms with Gasteiger partial charge in [0.2, 0.25) is 10.0 Å². The predicted molar refractivity (Wildman–Crippen MR) is 124 cm³/mol. The highest BCUT2D eigenvalue weighted by molar-refractivity contribution is 7.92. The third kappa shape index (κ3) is 7.28. The zero-order valence-corrected chi connectivity index (χ0v) is 19.4. The first kappa shape index (κ1) is 23.7. The number of nitrogens with one attached hydrogen (secondary N) is 2. The van der Waals surface area contributed by atoms with E-state index in [0.29, 0.717) is 34.4 Å². The molecule has 0 unspecified atom stereocenters. The van der Waals surface area contributed by atoms with Crippen LogP contribution in [0.5, 0.6) is 5.75 Å². The maximum absolute atomic E-state index is 12.5. The maximum Gasteiger partial charge on any atom is 0.253 e. The first-order chi connectivity index (χ1) is 14.7. The second-order valence-corrected chi connectivity index (χ2v) is 9.97. The SMILES string of the molecule is CS(=O)(=O)Nc1ccccc1C(=O)NCCN1CCC(Oc2ccc(Cl)c(Cl)c2)CC1. The summed E-state index contributed by atoms with van der Waals surface area (Å²) in [7, 11) is -3.47. The summed E-state index contributed by atoms with van der Waals surface area (Å²) in [6.45, 7) is 2.87. The molecule has 1 amide bonds. The van der Waals surface area contributed by atoms with Gasteiger partial charge in [-0.1, -0.05) is 35.3 Å². The summed E-state index contributed by atoms with van der Waals surface area (Å²) < 4.78 is 31.4. The van der Waals surface area contributed by atoms with Crippen molar-refractivity contribution >= 4 is 44.8 Å². The van der Waals surface area contributed by atoms with Gasteiger partial charge in [-0.05, 0) is 37.1 Å². The molecule has 2 N–H and O–H groups in total. The molecular weight excluding hydrogens is 461 g/mol. The molecule has 1 aliphatic rings. The molecule has 7 nitrogen and oxygen atoms in total. The van der Waals surface area contributed by atoms with Gasteiger partial charge >= 0.3 is 0 Å². The van der Waals surface area contributed by atoms with Gasteiger partial charge in [-0.2, -0.15) is 0 Å². The topological polar surface area (TPSA) is 87.7 Å². The molecule has 0 aliphatic carbocycles. The summed E-state index contributed by atoms with van der Waals surface area (Å²) in [5.41, 5.74) is 0.560. The Morgan fingerprint density at radius 3 is 2.52 bits per heavy atom. The van der Waals surface area contributed by atoms with Gasteiger partial charge in [0, 0.05) is 32.2 Å². The van der Waals surface area contributed by atoms with Crippen molar-refractivity contribution in [3.8, 4) is 5.75 Å². The fraction of sp³-hybridized carbons (Fsp3) is 0.381. The number of carbonyl (C=O) groups is 1. The van der Waals surface area contributed by atoms with E-state index in [4.69, 9.17) is 27.9 Å². The molecule has 10 heteroatoms. The van der Waals surface area contributed by atoms with Crippen LogP contribution in [-0.4, -0.2) is 57.8 Å². The second kappa shape index (κ2) is 10.5. The van der Waals surface area contributed by atoms with Crippen LogP contribution in [0.3, 0.4) is 0 Å². The van der Waals surface area contributed by atoms with Gasteiger partial charge in [-0.3, -0.25) is 9.52 Å². The lowest BCUT2D eigenvalue weighted by Crippen LogP contribution is -2.42. The van der Waals surface area contributed by atoms with Gasteiger partial charge in [-0.25, -0.2) is 8.42 Å². The number of rotatable bonds is 8. The van der Waals surface area contributed by atoms with Crippen molar-refractivity contribution in [2.45, 2.75) is 18.9 Å². The molecule has 1 heterocycles. The van der Waals surface area contributed by atoms with E-state index in [1.54, 1.807) is 36.4 Å². The number of ether oxygens (including phenoxy) is 1. The lowest BCUT2D eigenvalue weighted by Gasteiger charge is -2.32. The highest BCUT2D eigenvalue weighted by atomic mass is 35.5. The molecule has 0 aromatic heterocycles. The van der Waals surface area contributed by atoms with Crippen molar-refractivity contribution in [1.29, 1.82) is 0 Å². The van der Waals surface area contributed by atoms with Crippen LogP contribution in [0.4, 0.5) is 5.69 Å². The van der Waals surface area contributed by atoms with E-state index >= 15 is 0 Å². The number of hydrogen-bond donors (Lipinski definition) is 2. The zero-order valence-electron chi connectivity index (χ0n) is 17.1. The Bertz CT molecular complexity index is 1030. The van der Waals surface area contributed by atoms with Crippen LogP contribution in [0.25, 0.3) is 0 Å². The number of carbonyl (C=O) groups excluding carboxylic acids is 1. The molecule has 0 saturated carbocycles. The Labute approximate surface area is 192 Å². The molecule has 168 valence electrons. The molecular formula is C21H25Cl2N3O4S. The van der Waals surface area contributed by atoms with Crippen molar-refractivity contribution in [3.63, 3.8) is 0 Å². The van der Waals surface area contributed by atoms with E-state index in [-0.39, 0.29) is 17.7 Å². The molecule has 1 aliphatic heterocycles. The quantitative estimate of drug-likeness (QED) is 0.595. The lowest BCUT2D eigenvalue weighted by atomic mass is 10.1. The van der Waals surface area contributed by atoms with Crippen molar-refractivity contribution in [2.75, 3.05) is 37.2 Å². The van der Waals surface area contributed by atoms with Crippen molar-refractivity contribution < 1.29 is 17.9 Å². The van der Waals surface area contributed by atoms with Crippen LogP contribution in [0, 0.1) is 0 Å². The third-order valence-corrected chi connectivity index (χ3v) is 6.24. The number of sulfonamides is 1. The fourth-order valence-electron chi connectivity index (χ4n) is 3.39. The molecule has 0 bridgehead atoms. The van der Waals surface area contributed by atoms with Crippen LogP contribution >= 0.6 is 23.2 Å². The monoisotopic (exact) mass is 485 g/mol. The van der Waals surface area contributed by atoms with Gasteiger partial charge in [0.05, 0.1) is 27.6 Å². The fourth-order valence-corrected chi connectivity index (χ4v) is 4.25. The minimum absolute atomic E-state index is 0.108. The Balaban J connectivity index is 1.43. The molecule has 1 saturated heterocycles. The average Bonchev–Trinajstić information content (AvgIpc) is 2.71. The summed E-state index contributed by atoms with van der Waals surface area (Å²) in [5, 5.41) is 3.83. The molecule has 2 aromatic rings. The molecule has 2 aromatic carbocycles. The zero-order chi connectivity index (χ0) is 22.4. The van der Waals surface area contributed by atoms with Gasteiger partial charge in [-0.15, -0.1) is 0 Å².